The van der Waals surface area contributed by atoms with Crippen LogP contribution in [0.3, 0.4) is 0 Å². The highest BCUT2D eigenvalue weighted by atomic mass is 32.1. The zero-order chi connectivity index (χ0) is 26.6. The van der Waals surface area contributed by atoms with Crippen LogP contribution in [-0.4, -0.2) is 58.5 Å². The molecule has 2 aromatic carbocycles. The van der Waals surface area contributed by atoms with E-state index in [0.717, 1.165) is 56.0 Å². The van der Waals surface area contributed by atoms with E-state index in [9.17, 15) is 23.3 Å². The Morgan fingerprint density at radius 2 is 1.68 bits per heavy atom. The Labute approximate surface area is 227 Å². The highest BCUT2D eigenvalue weighted by Gasteiger charge is 2.39. The summed E-state index contributed by atoms with van der Waals surface area (Å²) in [5, 5.41) is 11.0. The number of halogens is 3. The molecule has 0 amide bonds. The van der Waals surface area contributed by atoms with Gasteiger partial charge in [-0.3, -0.25) is 10.1 Å². The number of hydrogen-bond acceptors (Lipinski definition) is 5. The molecule has 0 unspecified atom stereocenters. The lowest BCUT2D eigenvalue weighted by molar-refractivity contribution is -0.388. The number of rotatable bonds is 7. The third-order valence-electron chi connectivity index (χ3n) is 7.35. The minimum atomic E-state index is -4.83. The Bertz CT molecular complexity index is 1090. The minimum absolute atomic E-state index is 0. The van der Waals surface area contributed by atoms with Gasteiger partial charge in [-0.2, -0.15) is 13.2 Å². The van der Waals surface area contributed by atoms with Crippen molar-refractivity contribution in [3.63, 3.8) is 0 Å². The fraction of sp³-hybridized carbons (Fsp3) is 0.536. The highest BCUT2D eigenvalue weighted by molar-refractivity contribution is 7.80. The molecule has 38 heavy (non-hydrogen) atoms. The Morgan fingerprint density at radius 1 is 1.05 bits per heavy atom. The van der Waals surface area contributed by atoms with Gasteiger partial charge in [0.15, 0.2) is 0 Å². The summed E-state index contributed by atoms with van der Waals surface area (Å²) < 4.78 is 45.5. The van der Waals surface area contributed by atoms with Crippen molar-refractivity contribution >= 4 is 22.9 Å². The molecule has 0 saturated carbocycles. The van der Waals surface area contributed by atoms with E-state index in [1.54, 1.807) is 0 Å². The molecule has 2 saturated heterocycles. The second-order valence-corrected chi connectivity index (χ2v) is 10.4. The summed E-state index contributed by atoms with van der Waals surface area (Å²) in [6.45, 7) is 6.52. The summed E-state index contributed by atoms with van der Waals surface area (Å²) in [5.41, 5.74) is 0.442. The summed E-state index contributed by atoms with van der Waals surface area (Å²) in [5.74, 6) is 0.610. The van der Waals surface area contributed by atoms with Gasteiger partial charge in [0.05, 0.1) is 9.91 Å². The van der Waals surface area contributed by atoms with Crippen molar-refractivity contribution in [2.45, 2.75) is 64.7 Å². The summed E-state index contributed by atoms with van der Waals surface area (Å²) in [6, 6.07) is 11.7. The lowest BCUT2D eigenvalue weighted by atomic mass is 9.89. The molecule has 0 radical (unpaired) electrons. The standard InChI is InChI=1S/C27H32F3N3O3S.CH4/c1-19-2-4-20(5-3-19)21-8-13-31(14-9-21)15-12-26(37)32-16-10-22(11-17-32)36-23-6-7-25(33(34)35)24(18-23)27(28,29)30;/h2-7,18,21-22H,8-17H2,1H3;1H4. The first-order valence-corrected chi connectivity index (χ1v) is 13.1. The second kappa shape index (κ2) is 12.9. The molecule has 0 aromatic heterocycles. The predicted molar refractivity (Wildman–Crippen MR) is 147 cm³/mol. The molecule has 2 aromatic rings. The van der Waals surface area contributed by atoms with E-state index >= 15 is 0 Å². The number of benzene rings is 2. The van der Waals surface area contributed by atoms with Crippen molar-refractivity contribution in [3.8, 4) is 5.75 Å². The Balaban J connectivity index is 0.00000400. The average Bonchev–Trinajstić information content (AvgIpc) is 2.88. The van der Waals surface area contributed by atoms with E-state index in [4.69, 9.17) is 17.0 Å². The highest BCUT2D eigenvalue weighted by Crippen LogP contribution is 2.38. The fourth-order valence-corrected chi connectivity index (χ4v) is 5.40. The summed E-state index contributed by atoms with van der Waals surface area (Å²) >= 11 is 5.69. The van der Waals surface area contributed by atoms with Gasteiger partial charge in [-0.25, -0.2) is 0 Å². The molecule has 2 aliphatic rings. The Morgan fingerprint density at radius 3 is 2.26 bits per heavy atom. The van der Waals surface area contributed by atoms with Crippen LogP contribution in [0.25, 0.3) is 0 Å². The van der Waals surface area contributed by atoms with E-state index in [-0.39, 0.29) is 19.3 Å². The van der Waals surface area contributed by atoms with Crippen molar-refractivity contribution in [2.24, 2.45) is 0 Å². The maximum atomic E-state index is 13.2. The quantitative estimate of drug-likeness (QED) is 0.210. The van der Waals surface area contributed by atoms with E-state index in [0.29, 0.717) is 31.8 Å². The summed E-state index contributed by atoms with van der Waals surface area (Å²) in [6.07, 6.45) is -0.724. The number of alkyl halides is 3. The zero-order valence-electron chi connectivity index (χ0n) is 20.9. The maximum Gasteiger partial charge on any atom is 0.423 e. The lowest BCUT2D eigenvalue weighted by Crippen LogP contribution is -2.42. The number of piperidine rings is 2. The van der Waals surface area contributed by atoms with E-state index in [1.807, 2.05) is 0 Å². The van der Waals surface area contributed by atoms with Gasteiger partial charge in [0, 0.05) is 45.0 Å². The minimum Gasteiger partial charge on any atom is -0.490 e. The molecule has 0 atom stereocenters. The normalized spacial score (nSPS) is 17.6. The largest absolute Gasteiger partial charge is 0.490 e. The smallest absolute Gasteiger partial charge is 0.423 e. The Hall–Kier alpha value is -2.72. The molecule has 10 heteroatoms. The molecule has 2 fully saturated rings. The van der Waals surface area contributed by atoms with Crippen molar-refractivity contribution in [2.75, 3.05) is 32.7 Å². The molecule has 208 valence electrons. The van der Waals surface area contributed by atoms with Crippen LogP contribution in [0, 0.1) is 17.0 Å². The first kappa shape index (κ1) is 29.8. The molecule has 2 heterocycles. The van der Waals surface area contributed by atoms with Crippen molar-refractivity contribution in [3.05, 3.63) is 69.3 Å². The van der Waals surface area contributed by atoms with Gasteiger partial charge in [-0.1, -0.05) is 49.5 Å². The molecule has 0 N–H and O–H groups in total. The number of aryl methyl sites for hydroxylation is 1. The van der Waals surface area contributed by atoms with Gasteiger partial charge in [0.25, 0.3) is 5.69 Å². The van der Waals surface area contributed by atoms with E-state index < -0.39 is 22.4 Å². The number of nitrogens with zero attached hydrogens (tertiary/aromatic N) is 3. The summed E-state index contributed by atoms with van der Waals surface area (Å²) in [4.78, 5) is 15.5. The van der Waals surface area contributed by atoms with Gasteiger partial charge in [-0.05, 0) is 56.5 Å². The van der Waals surface area contributed by atoms with Crippen LogP contribution >= 0.6 is 12.2 Å². The number of likely N-dealkylation sites (tertiary alicyclic amines) is 2. The van der Waals surface area contributed by atoms with Crippen LogP contribution in [-0.2, 0) is 6.18 Å². The predicted octanol–water partition coefficient (Wildman–Crippen LogP) is 7.00. The SMILES string of the molecule is C.Cc1ccc(C2CCN(CCC(=S)N3CCC(Oc4ccc([N+](=O)[O-])c(C(F)(F)F)c4)CC3)CC2)cc1. The number of nitro groups is 1. The van der Waals surface area contributed by atoms with Crippen molar-refractivity contribution in [1.82, 2.24) is 9.80 Å². The Kier molecular flexibility index (Phi) is 10.1. The van der Waals surface area contributed by atoms with Crippen LogP contribution in [0.1, 0.15) is 62.1 Å². The second-order valence-electron chi connectivity index (χ2n) is 9.91. The monoisotopic (exact) mass is 551 g/mol. The first-order valence-electron chi connectivity index (χ1n) is 12.7. The van der Waals surface area contributed by atoms with E-state index in [2.05, 4.69) is 41.0 Å². The van der Waals surface area contributed by atoms with Gasteiger partial charge in [0.1, 0.15) is 17.4 Å². The lowest BCUT2D eigenvalue weighted by Gasteiger charge is -2.36. The fourth-order valence-electron chi connectivity index (χ4n) is 5.13. The number of thiocarbonyl (C=S) groups is 1. The van der Waals surface area contributed by atoms with Crippen molar-refractivity contribution in [1.29, 1.82) is 0 Å². The van der Waals surface area contributed by atoms with Crippen LogP contribution in [0.5, 0.6) is 5.75 Å². The van der Waals surface area contributed by atoms with E-state index in [1.165, 1.54) is 17.2 Å². The maximum absolute atomic E-state index is 13.2. The third-order valence-corrected chi connectivity index (χ3v) is 7.81. The number of ether oxygens (including phenoxy) is 1. The van der Waals surface area contributed by atoms with Gasteiger partial charge >= 0.3 is 6.18 Å². The van der Waals surface area contributed by atoms with Gasteiger partial charge in [-0.15, -0.1) is 0 Å². The molecule has 2 aliphatic heterocycles. The van der Waals surface area contributed by atoms with Crippen LogP contribution in [0.2, 0.25) is 0 Å². The van der Waals surface area contributed by atoms with Crippen LogP contribution in [0.15, 0.2) is 42.5 Å². The van der Waals surface area contributed by atoms with Crippen LogP contribution < -0.4 is 4.74 Å². The molecule has 0 aliphatic carbocycles. The average molecular weight is 552 g/mol. The molecule has 0 bridgehead atoms. The van der Waals surface area contributed by atoms with Crippen molar-refractivity contribution < 1.29 is 22.8 Å². The molecule has 0 spiro atoms. The summed E-state index contributed by atoms with van der Waals surface area (Å²) in [7, 11) is 0. The topological polar surface area (TPSA) is 58.8 Å². The zero-order valence-corrected chi connectivity index (χ0v) is 21.7. The molecule has 6 nitrogen and oxygen atoms in total. The van der Waals surface area contributed by atoms with Crippen LogP contribution in [0.4, 0.5) is 18.9 Å². The number of hydrogen-bond donors (Lipinski definition) is 0. The molecular weight excluding hydrogens is 515 g/mol. The number of nitro benzene ring substituents is 1. The third kappa shape index (κ3) is 7.66. The van der Waals surface area contributed by atoms with Gasteiger partial charge < -0.3 is 14.5 Å². The molecule has 4 rings (SSSR count). The first-order chi connectivity index (χ1) is 17.6. The van der Waals surface area contributed by atoms with Gasteiger partial charge in [0.2, 0.25) is 0 Å². The molecular formula is C28H36F3N3O3S.